The molecule has 2 aliphatic carbocycles. The van der Waals surface area contributed by atoms with Crippen LogP contribution in [0, 0.1) is 12.8 Å². The van der Waals surface area contributed by atoms with Crippen molar-refractivity contribution in [3.63, 3.8) is 0 Å². The zero-order chi connectivity index (χ0) is 24.3. The average Bonchev–Trinajstić information content (AvgIpc) is 3.56. The SMILES string of the molecule is Cc1nc(NC(=O)OCC2c3ccccc3-c3ccccc32)sc1C(=O)N1CC2CC1(C(=O)O)C2. The highest BCUT2D eigenvalue weighted by atomic mass is 32.1. The van der Waals surface area contributed by atoms with Crippen molar-refractivity contribution >= 4 is 34.4 Å². The first kappa shape index (κ1) is 21.8. The average molecular weight is 490 g/mol. The van der Waals surface area contributed by atoms with E-state index in [0.29, 0.717) is 30.0 Å². The fraction of sp³-hybridized carbons (Fsp3) is 0.308. The van der Waals surface area contributed by atoms with Gasteiger partial charge in [0.05, 0.1) is 5.69 Å². The number of nitrogens with one attached hydrogen (secondary N) is 1. The van der Waals surface area contributed by atoms with Gasteiger partial charge in [-0.1, -0.05) is 59.9 Å². The summed E-state index contributed by atoms with van der Waals surface area (Å²) in [6.07, 6.45) is 0.346. The monoisotopic (exact) mass is 489 g/mol. The minimum absolute atomic E-state index is 0.0582. The third-order valence-electron chi connectivity index (χ3n) is 7.40. The van der Waals surface area contributed by atoms with Crippen LogP contribution in [0.5, 0.6) is 0 Å². The van der Waals surface area contributed by atoms with Crippen molar-refractivity contribution < 1.29 is 24.2 Å². The molecule has 2 aliphatic heterocycles. The van der Waals surface area contributed by atoms with E-state index in [-0.39, 0.29) is 29.5 Å². The summed E-state index contributed by atoms with van der Waals surface area (Å²) < 4.78 is 5.57. The summed E-state index contributed by atoms with van der Waals surface area (Å²) in [7, 11) is 0. The Balaban J connectivity index is 1.14. The minimum Gasteiger partial charge on any atom is -0.479 e. The molecule has 2 amide bonds. The molecule has 1 aromatic heterocycles. The maximum atomic E-state index is 13.1. The molecule has 3 aromatic rings. The van der Waals surface area contributed by atoms with Crippen LogP contribution in [0.4, 0.5) is 9.93 Å². The first-order valence-electron chi connectivity index (χ1n) is 11.5. The maximum absolute atomic E-state index is 13.1. The highest BCUT2D eigenvalue weighted by molar-refractivity contribution is 7.17. The third kappa shape index (κ3) is 3.33. The Bertz CT molecular complexity index is 1330. The number of amides is 2. The second kappa shape index (κ2) is 7.91. The molecule has 0 unspecified atom stereocenters. The lowest BCUT2D eigenvalue weighted by Crippen LogP contribution is -2.54. The molecule has 3 fully saturated rings. The summed E-state index contributed by atoms with van der Waals surface area (Å²) >= 11 is 1.04. The smallest absolute Gasteiger partial charge is 0.413 e. The number of aryl methyl sites for hydroxylation is 1. The third-order valence-corrected chi connectivity index (χ3v) is 8.46. The number of benzene rings is 2. The Morgan fingerprint density at radius 3 is 2.37 bits per heavy atom. The number of hydrogen-bond acceptors (Lipinski definition) is 6. The van der Waals surface area contributed by atoms with Gasteiger partial charge in [0.1, 0.15) is 17.0 Å². The highest BCUT2D eigenvalue weighted by Crippen LogP contribution is 2.51. The van der Waals surface area contributed by atoms with Gasteiger partial charge in [0, 0.05) is 12.5 Å². The number of aromatic nitrogens is 1. The molecule has 4 aliphatic rings. The molecular formula is C26H23N3O5S. The fourth-order valence-corrected chi connectivity index (χ4v) is 6.64. The van der Waals surface area contributed by atoms with Gasteiger partial charge in [-0.15, -0.1) is 0 Å². The van der Waals surface area contributed by atoms with Gasteiger partial charge in [-0.25, -0.2) is 14.6 Å². The maximum Gasteiger partial charge on any atom is 0.413 e. The van der Waals surface area contributed by atoms with Gasteiger partial charge in [0.25, 0.3) is 5.91 Å². The van der Waals surface area contributed by atoms with Gasteiger partial charge in [-0.2, -0.15) is 0 Å². The molecule has 2 N–H and O–H groups in total. The molecule has 2 saturated heterocycles. The molecule has 0 spiro atoms. The van der Waals surface area contributed by atoms with E-state index in [1.807, 2.05) is 24.3 Å². The number of anilines is 1. The summed E-state index contributed by atoms with van der Waals surface area (Å²) in [6.45, 7) is 2.30. The van der Waals surface area contributed by atoms with E-state index in [1.54, 1.807) is 6.92 Å². The second-order valence-corrected chi connectivity index (χ2v) is 10.4. The van der Waals surface area contributed by atoms with Crippen LogP contribution in [0.2, 0.25) is 0 Å². The number of aliphatic carboxylic acids is 1. The quantitative estimate of drug-likeness (QED) is 0.546. The Morgan fingerprint density at radius 1 is 1.11 bits per heavy atom. The topological polar surface area (TPSA) is 109 Å². The van der Waals surface area contributed by atoms with Crippen LogP contribution in [-0.2, 0) is 9.53 Å². The Morgan fingerprint density at radius 2 is 1.74 bits per heavy atom. The van der Waals surface area contributed by atoms with E-state index in [4.69, 9.17) is 4.74 Å². The first-order chi connectivity index (χ1) is 16.9. The lowest BCUT2D eigenvalue weighted by Gasteiger charge is -2.37. The van der Waals surface area contributed by atoms with Crippen LogP contribution in [-0.4, -0.2) is 51.7 Å². The summed E-state index contributed by atoms with van der Waals surface area (Å²) in [5.74, 6) is -1.12. The second-order valence-electron chi connectivity index (χ2n) is 9.41. The Labute approximate surface area is 205 Å². The van der Waals surface area contributed by atoms with E-state index in [0.717, 1.165) is 33.6 Å². The zero-order valence-electron chi connectivity index (χ0n) is 19.0. The molecule has 2 aromatic carbocycles. The summed E-state index contributed by atoms with van der Waals surface area (Å²) in [4.78, 5) is 43.6. The molecule has 0 radical (unpaired) electrons. The number of carboxylic acids is 1. The molecule has 7 rings (SSSR count). The number of rotatable bonds is 5. The number of carbonyl (C=O) groups is 3. The van der Waals surface area contributed by atoms with E-state index in [9.17, 15) is 19.5 Å². The molecular weight excluding hydrogens is 466 g/mol. The van der Waals surface area contributed by atoms with E-state index < -0.39 is 17.6 Å². The zero-order valence-corrected chi connectivity index (χ0v) is 19.8. The number of hydrogen-bond donors (Lipinski definition) is 2. The van der Waals surface area contributed by atoms with E-state index in [2.05, 4.69) is 34.6 Å². The van der Waals surface area contributed by atoms with Gasteiger partial charge in [-0.05, 0) is 47.9 Å². The molecule has 8 nitrogen and oxygen atoms in total. The standard InChI is InChI=1S/C26H23N3O5S/c1-14-21(22(30)29-12-15-10-26(29,11-15)23(31)32)35-24(27-14)28-25(33)34-13-20-18-8-4-2-6-16(18)17-7-3-5-9-19(17)20/h2-9,15,20H,10-13H2,1H3,(H,31,32)(H,27,28,33). The first-order valence-corrected chi connectivity index (χ1v) is 12.3. The lowest BCUT2D eigenvalue weighted by molar-refractivity contribution is -0.151. The van der Waals surface area contributed by atoms with Crippen LogP contribution >= 0.6 is 11.3 Å². The van der Waals surface area contributed by atoms with Crippen LogP contribution in [0.15, 0.2) is 48.5 Å². The van der Waals surface area contributed by atoms with Crippen molar-refractivity contribution in [2.24, 2.45) is 5.92 Å². The number of carbonyl (C=O) groups excluding carboxylic acids is 2. The predicted octanol–water partition coefficient (Wildman–Crippen LogP) is 4.50. The molecule has 0 atom stereocenters. The van der Waals surface area contributed by atoms with Crippen molar-refractivity contribution in [3.05, 3.63) is 70.2 Å². The van der Waals surface area contributed by atoms with Crippen molar-refractivity contribution in [3.8, 4) is 11.1 Å². The highest BCUT2D eigenvalue weighted by Gasteiger charge is 2.63. The Hall–Kier alpha value is -3.72. The summed E-state index contributed by atoms with van der Waals surface area (Å²) in [5, 5.41) is 12.5. The van der Waals surface area contributed by atoms with Crippen molar-refractivity contribution in [1.29, 1.82) is 0 Å². The molecule has 2 bridgehead atoms. The number of carboxylic acid groups (broad SMARTS) is 1. The van der Waals surface area contributed by atoms with Crippen LogP contribution in [0.1, 0.15) is 45.3 Å². The van der Waals surface area contributed by atoms with Crippen LogP contribution in [0.25, 0.3) is 11.1 Å². The lowest BCUT2D eigenvalue weighted by atomic mass is 9.73. The van der Waals surface area contributed by atoms with E-state index in [1.165, 1.54) is 4.90 Å². The predicted molar refractivity (Wildman–Crippen MR) is 130 cm³/mol. The van der Waals surface area contributed by atoms with E-state index >= 15 is 0 Å². The number of thiazole rings is 1. The number of fused-ring (bicyclic) bond motifs is 4. The summed E-state index contributed by atoms with van der Waals surface area (Å²) in [6, 6.07) is 16.2. The minimum atomic E-state index is -1.10. The van der Waals surface area contributed by atoms with Crippen molar-refractivity contribution in [1.82, 2.24) is 9.88 Å². The fourth-order valence-electron chi connectivity index (χ4n) is 5.74. The van der Waals surface area contributed by atoms with Crippen molar-refractivity contribution in [2.45, 2.75) is 31.2 Å². The molecule has 9 heteroatoms. The molecule has 3 heterocycles. The normalized spacial score (nSPS) is 21.7. The van der Waals surface area contributed by atoms with Crippen LogP contribution < -0.4 is 5.32 Å². The molecule has 1 saturated carbocycles. The largest absolute Gasteiger partial charge is 0.479 e. The van der Waals surface area contributed by atoms with Gasteiger partial charge < -0.3 is 14.7 Å². The molecule has 178 valence electrons. The number of ether oxygens (including phenoxy) is 1. The van der Waals surface area contributed by atoms with Gasteiger partial charge in [0.2, 0.25) is 0 Å². The summed E-state index contributed by atoms with van der Waals surface area (Å²) in [5.41, 5.74) is 3.90. The van der Waals surface area contributed by atoms with Crippen LogP contribution in [0.3, 0.4) is 0 Å². The van der Waals surface area contributed by atoms with Gasteiger partial charge >= 0.3 is 12.1 Å². The van der Waals surface area contributed by atoms with Gasteiger partial charge in [-0.3, -0.25) is 10.1 Å². The van der Waals surface area contributed by atoms with Gasteiger partial charge in [0.15, 0.2) is 5.13 Å². The number of nitrogens with zero attached hydrogens (tertiary/aromatic N) is 2. The molecule has 35 heavy (non-hydrogen) atoms. The van der Waals surface area contributed by atoms with Crippen molar-refractivity contribution in [2.75, 3.05) is 18.5 Å². The Kier molecular flexibility index (Phi) is 4.93.